The lowest BCUT2D eigenvalue weighted by atomic mass is 9.63. The lowest BCUT2D eigenvalue weighted by Gasteiger charge is -2.40. The Morgan fingerprint density at radius 3 is 0.958 bits per heavy atom. The zero-order valence-corrected chi connectivity index (χ0v) is 77.0. The first-order chi connectivity index (χ1) is 56.9. The fraction of sp³-hybridized carbons (Fsp3) is 0.518. The van der Waals surface area contributed by atoms with Crippen LogP contribution in [0.1, 0.15) is 368 Å². The van der Waals surface area contributed by atoms with Crippen LogP contribution in [-0.4, -0.2) is 0 Å². The monoisotopic (exact) mass is 1580 g/mol. The molecule has 5 nitrogen and oxygen atoms in total. The molecule has 5 aromatic carbocycles. The number of aromatic nitrogens is 5. The first kappa shape index (κ1) is 80.6. The molecule has 13 aliphatic rings. The number of pyridine rings is 5. The molecular formula is C114H142N5+5. The molecule has 5 aromatic heterocycles. The Bertz CT molecular complexity index is 5790. The SMILES string of the molecule is Cc1ccccc1-c1c2c3c4c([n+]1C)CCC4CCC3CCC2.Cc1ccccc1-c1c2c3c4c([n+]1C)CCCC4CCC3CC2.Cc1ccccc1-c1c2c3c4c([n+]1C)CCCC4CCC3CCC2.Cc1ccccc1-c1cc2c3c([n+]1C)C(C)(C)CC3(C)CC2(C)C.Cc1ccccc1-c1cc2c3c([n+]1C)C(C)(C)CC3(C)CCC2(C)C. The van der Waals surface area contributed by atoms with Gasteiger partial charge in [-0.15, -0.1) is 0 Å². The zero-order valence-electron chi connectivity index (χ0n) is 77.0. The predicted octanol–water partition coefficient (Wildman–Crippen LogP) is 25.2. The second kappa shape index (κ2) is 29.8. The maximum Gasteiger partial charge on any atom is 0.216 e. The van der Waals surface area contributed by atoms with Crippen molar-refractivity contribution in [3.8, 4) is 56.3 Å². The third-order valence-electron chi connectivity index (χ3n) is 34.0. The van der Waals surface area contributed by atoms with E-state index >= 15 is 0 Å². The van der Waals surface area contributed by atoms with E-state index in [1.165, 1.54) is 257 Å². The average Bonchev–Trinajstić information content (AvgIpc) is 1.52. The van der Waals surface area contributed by atoms with Crippen molar-refractivity contribution in [1.29, 1.82) is 0 Å². The fourth-order valence-corrected chi connectivity index (χ4v) is 29.4. The van der Waals surface area contributed by atoms with E-state index in [9.17, 15) is 0 Å². The van der Waals surface area contributed by atoms with Gasteiger partial charge in [-0.1, -0.05) is 133 Å². The quantitative estimate of drug-likeness (QED) is 0.153. The first-order valence-electron chi connectivity index (χ1n) is 47.6. The Morgan fingerprint density at radius 2 is 0.563 bits per heavy atom. The van der Waals surface area contributed by atoms with Gasteiger partial charge in [0.1, 0.15) is 35.2 Å². The number of nitrogens with zero attached hydrogens (tertiary/aromatic N) is 5. The molecule has 618 valence electrons. The second-order valence-electron chi connectivity index (χ2n) is 43.8. The molecule has 0 amide bonds. The summed E-state index contributed by atoms with van der Waals surface area (Å²) in [4.78, 5) is 0. The van der Waals surface area contributed by atoms with Gasteiger partial charge in [0.2, 0.25) is 28.5 Å². The van der Waals surface area contributed by atoms with Gasteiger partial charge in [0.25, 0.3) is 0 Å². The van der Waals surface area contributed by atoms with Gasteiger partial charge in [0.05, 0.1) is 10.8 Å². The highest BCUT2D eigenvalue weighted by molar-refractivity contribution is 5.73. The van der Waals surface area contributed by atoms with Crippen LogP contribution in [0, 0.1) is 34.6 Å². The second-order valence-corrected chi connectivity index (χ2v) is 43.8. The summed E-state index contributed by atoms with van der Waals surface area (Å²) < 4.78 is 12.7. The molecule has 23 rings (SSSR count). The molecular weight excluding hydrogens is 1440 g/mol. The summed E-state index contributed by atoms with van der Waals surface area (Å²) in [6, 6.07) is 49.6. The topological polar surface area (TPSA) is 19.4 Å². The van der Waals surface area contributed by atoms with E-state index in [1.807, 2.05) is 5.56 Å². The van der Waals surface area contributed by atoms with Crippen LogP contribution in [0.3, 0.4) is 0 Å². The highest BCUT2D eigenvalue weighted by atomic mass is 15.0. The van der Waals surface area contributed by atoms with Crippen molar-refractivity contribution in [2.24, 2.45) is 35.2 Å². The largest absolute Gasteiger partial charge is 0.216 e. The van der Waals surface area contributed by atoms with Crippen LogP contribution in [0.4, 0.5) is 0 Å². The summed E-state index contributed by atoms with van der Waals surface area (Å²) in [6.07, 6.45) is 36.7. The molecule has 0 aliphatic heterocycles. The Kier molecular flexibility index (Phi) is 20.2. The van der Waals surface area contributed by atoms with Gasteiger partial charge in [-0.25, -0.2) is 0 Å². The molecule has 13 aliphatic carbocycles. The van der Waals surface area contributed by atoms with Crippen LogP contribution >= 0.6 is 0 Å². The van der Waals surface area contributed by atoms with Crippen LogP contribution in [0.2, 0.25) is 0 Å². The molecule has 0 radical (unpaired) electrons. The zero-order chi connectivity index (χ0) is 83.1. The molecule has 8 atom stereocenters. The lowest BCUT2D eigenvalue weighted by Crippen LogP contribution is -2.44. The van der Waals surface area contributed by atoms with Crippen molar-refractivity contribution in [2.45, 2.75) is 345 Å². The highest BCUT2D eigenvalue weighted by Gasteiger charge is 2.60. The minimum Gasteiger partial charge on any atom is -0.198 e. The van der Waals surface area contributed by atoms with Gasteiger partial charge in [0, 0.05) is 115 Å². The smallest absolute Gasteiger partial charge is 0.198 e. The van der Waals surface area contributed by atoms with Gasteiger partial charge in [-0.2, -0.15) is 22.8 Å². The van der Waals surface area contributed by atoms with E-state index < -0.39 is 0 Å². The highest BCUT2D eigenvalue weighted by Crippen LogP contribution is 2.63. The fourth-order valence-electron chi connectivity index (χ4n) is 29.4. The molecule has 0 saturated carbocycles. The van der Waals surface area contributed by atoms with Gasteiger partial charge in [0.15, 0.2) is 28.5 Å². The van der Waals surface area contributed by atoms with Gasteiger partial charge < -0.3 is 0 Å². The van der Waals surface area contributed by atoms with E-state index in [0.717, 1.165) is 35.5 Å². The first-order valence-corrected chi connectivity index (χ1v) is 47.6. The normalized spacial score (nSPS) is 25.1. The van der Waals surface area contributed by atoms with Crippen LogP contribution in [0.25, 0.3) is 56.3 Å². The molecule has 5 heteroatoms. The number of aryl methyl sites for hydroxylation is 5. The maximum atomic E-state index is 2.59. The summed E-state index contributed by atoms with van der Waals surface area (Å²) in [6.45, 7) is 35.8. The third-order valence-corrected chi connectivity index (χ3v) is 34.0. The summed E-state index contributed by atoms with van der Waals surface area (Å²) in [5.41, 5.74) is 53.6. The van der Waals surface area contributed by atoms with Crippen LogP contribution in [0.5, 0.6) is 0 Å². The lowest BCUT2D eigenvalue weighted by molar-refractivity contribution is -0.671. The van der Waals surface area contributed by atoms with Crippen molar-refractivity contribution in [1.82, 2.24) is 0 Å². The van der Waals surface area contributed by atoms with E-state index in [2.05, 4.69) is 295 Å². The number of hydrogen-bond donors (Lipinski definition) is 0. The Balaban J connectivity index is 0.0000000986. The Labute approximate surface area is 717 Å². The Hall–Kier alpha value is -8.15. The number of hydrogen-bond acceptors (Lipinski definition) is 0. The van der Waals surface area contributed by atoms with E-state index in [0.29, 0.717) is 10.8 Å². The summed E-state index contributed by atoms with van der Waals surface area (Å²) in [5.74, 6) is 5.14. The van der Waals surface area contributed by atoms with Gasteiger partial charge in [-0.3, -0.25) is 0 Å². The number of rotatable bonds is 5. The number of benzene rings is 5. The van der Waals surface area contributed by atoms with Crippen molar-refractivity contribution in [2.75, 3.05) is 0 Å². The van der Waals surface area contributed by atoms with Crippen LogP contribution in [0.15, 0.2) is 133 Å². The maximum absolute atomic E-state index is 2.59. The molecule has 5 heterocycles. The third kappa shape index (κ3) is 13.1. The Morgan fingerprint density at radius 1 is 0.269 bits per heavy atom. The van der Waals surface area contributed by atoms with Crippen molar-refractivity contribution in [3.05, 3.63) is 262 Å². The van der Waals surface area contributed by atoms with Crippen molar-refractivity contribution < 1.29 is 22.8 Å². The van der Waals surface area contributed by atoms with E-state index in [4.69, 9.17) is 0 Å². The van der Waals surface area contributed by atoms with Gasteiger partial charge in [-0.05, 0) is 349 Å². The van der Waals surface area contributed by atoms with Crippen molar-refractivity contribution >= 4 is 0 Å². The molecule has 10 aromatic rings. The minimum atomic E-state index is 0.229. The van der Waals surface area contributed by atoms with Crippen LogP contribution in [-0.2, 0) is 106 Å². The molecule has 0 saturated heterocycles. The van der Waals surface area contributed by atoms with Gasteiger partial charge >= 0.3 is 0 Å². The minimum absolute atomic E-state index is 0.229. The molecule has 0 fully saturated rings. The predicted molar refractivity (Wildman–Crippen MR) is 491 cm³/mol. The molecule has 0 bridgehead atoms. The average molecular weight is 1580 g/mol. The van der Waals surface area contributed by atoms with E-state index in [1.54, 1.807) is 95.2 Å². The standard InChI is InChI=1S/C24H32N.C23H28N.C23H30N.2C22H26N/c1-16-10-8-9-11-17(16)19-14-18-20-21(25(19)7)23(4,5)15-24(20,6)13-12-22(18,2)3;1-15-7-3-4-10-18(15)23-19-11-5-8-16-13-14-17-9-6-12-20(24(23)2)22(17)21(16)19;1-15-10-8-9-11-16(15)18-12-17-19-20(24(18)7)22(4,5)14-23(19,6)13-21(17,2)3;1-14-6-3-4-8-17(14)22-18-13-12-16-11-10-15-7-5-9-19(23(22)2)21(15)20(16)18;1-14-6-3-4-8-17(14)22-18-9-5-7-15-10-11-16-12-13-19(23(22)2)21(16)20(15)18/h8-11,14H,12-13,15H2,1-7H3;3-4,7,10,16-17H,5-6,8-9,11-14H2,1-2H3;8-12H,13-14H2,1-7H3;2*3-4,6,8,15-16H,5,7,9-13H2,1-2H3/q5*+1. The van der Waals surface area contributed by atoms with E-state index in [-0.39, 0.29) is 21.7 Å². The summed E-state index contributed by atoms with van der Waals surface area (Å²) >= 11 is 0. The molecule has 0 spiro atoms. The molecule has 0 N–H and O–H groups in total. The molecule has 8 unspecified atom stereocenters. The molecule has 119 heavy (non-hydrogen) atoms. The van der Waals surface area contributed by atoms with Crippen LogP contribution < -0.4 is 22.8 Å². The van der Waals surface area contributed by atoms with Crippen molar-refractivity contribution in [3.63, 3.8) is 0 Å². The summed E-state index contributed by atoms with van der Waals surface area (Å²) in [5, 5.41) is 0. The summed E-state index contributed by atoms with van der Waals surface area (Å²) in [7, 11) is 11.6.